The number of hydrogen-bond acceptors (Lipinski definition) is 3. The van der Waals surface area contributed by atoms with E-state index in [1.54, 1.807) is 0 Å². The van der Waals surface area contributed by atoms with Gasteiger partial charge in [0.25, 0.3) is 0 Å². The van der Waals surface area contributed by atoms with Crippen LogP contribution in [0.3, 0.4) is 0 Å². The lowest BCUT2D eigenvalue weighted by Crippen LogP contribution is -2.48. The molecule has 26 heavy (non-hydrogen) atoms. The van der Waals surface area contributed by atoms with Crippen LogP contribution in [0, 0.1) is 11.7 Å². The number of nitrogens with zero attached hydrogens (tertiary/aromatic N) is 1. The molecule has 0 aliphatic carbocycles. The number of sulfonamides is 1. The Bertz CT molecular complexity index is 868. The quantitative estimate of drug-likeness (QED) is 0.842. The number of rotatable bonds is 6. The molecule has 0 saturated heterocycles. The Kier molecular flexibility index (Phi) is 5.75. The summed E-state index contributed by atoms with van der Waals surface area (Å²) >= 11 is 0. The van der Waals surface area contributed by atoms with E-state index in [0.29, 0.717) is 6.54 Å². The lowest BCUT2D eigenvalue weighted by molar-refractivity contribution is 0.141. The van der Waals surface area contributed by atoms with E-state index < -0.39 is 15.8 Å². The average Bonchev–Trinajstić information content (AvgIpc) is 2.61. The highest BCUT2D eigenvalue weighted by atomic mass is 32.2. The van der Waals surface area contributed by atoms with Crippen LogP contribution in [0.4, 0.5) is 4.39 Å². The van der Waals surface area contributed by atoms with Gasteiger partial charge in [-0.15, -0.1) is 0 Å². The predicted molar refractivity (Wildman–Crippen MR) is 101 cm³/mol. The smallest absolute Gasteiger partial charge is 0.240 e. The summed E-state index contributed by atoms with van der Waals surface area (Å²) in [6.45, 7) is 6.23. The zero-order chi connectivity index (χ0) is 18.7. The minimum atomic E-state index is -3.73. The van der Waals surface area contributed by atoms with E-state index in [2.05, 4.69) is 41.7 Å². The normalized spacial score (nSPS) is 16.5. The second-order valence-corrected chi connectivity index (χ2v) is 8.88. The Hall–Kier alpha value is -1.76. The van der Waals surface area contributed by atoms with Crippen LogP contribution in [0.1, 0.15) is 25.0 Å². The third kappa shape index (κ3) is 4.31. The minimum Gasteiger partial charge on any atom is -0.294 e. The molecule has 1 aliphatic heterocycles. The van der Waals surface area contributed by atoms with Crippen LogP contribution in [0.2, 0.25) is 0 Å². The van der Waals surface area contributed by atoms with Crippen molar-refractivity contribution in [3.05, 3.63) is 65.5 Å². The molecule has 0 saturated carbocycles. The molecule has 1 heterocycles. The third-order valence-electron chi connectivity index (χ3n) is 4.99. The van der Waals surface area contributed by atoms with Crippen molar-refractivity contribution >= 4 is 10.0 Å². The van der Waals surface area contributed by atoms with Crippen molar-refractivity contribution in [2.24, 2.45) is 5.92 Å². The zero-order valence-corrected chi connectivity index (χ0v) is 16.0. The van der Waals surface area contributed by atoms with Gasteiger partial charge in [-0.2, -0.15) is 0 Å². The molecule has 0 unspecified atom stereocenters. The summed E-state index contributed by atoms with van der Waals surface area (Å²) in [6.07, 6.45) is 0.968. The Morgan fingerprint density at radius 1 is 1.12 bits per heavy atom. The van der Waals surface area contributed by atoms with E-state index in [1.165, 1.54) is 29.3 Å². The Balaban J connectivity index is 1.72. The van der Waals surface area contributed by atoms with Gasteiger partial charge in [-0.3, -0.25) is 4.90 Å². The molecule has 1 aliphatic rings. The summed E-state index contributed by atoms with van der Waals surface area (Å²) in [4.78, 5) is 2.30. The highest BCUT2D eigenvalue weighted by Crippen LogP contribution is 2.23. The van der Waals surface area contributed by atoms with Gasteiger partial charge in [-0.1, -0.05) is 44.2 Å². The predicted octanol–water partition coefficient (Wildman–Crippen LogP) is 3.19. The Labute approximate surface area is 155 Å². The molecular weight excluding hydrogens is 351 g/mol. The van der Waals surface area contributed by atoms with Gasteiger partial charge in [0.1, 0.15) is 5.82 Å². The van der Waals surface area contributed by atoms with Gasteiger partial charge in [0.2, 0.25) is 10.0 Å². The van der Waals surface area contributed by atoms with Crippen LogP contribution in [-0.2, 0) is 23.0 Å². The zero-order valence-electron chi connectivity index (χ0n) is 15.2. The van der Waals surface area contributed by atoms with Crippen LogP contribution in [-0.4, -0.2) is 32.4 Å². The fourth-order valence-corrected chi connectivity index (χ4v) is 4.58. The van der Waals surface area contributed by atoms with Gasteiger partial charge in [-0.05, 0) is 41.7 Å². The molecule has 2 aromatic carbocycles. The molecule has 140 valence electrons. The van der Waals surface area contributed by atoms with Crippen LogP contribution in [0.25, 0.3) is 0 Å². The number of fused-ring (bicyclic) bond motifs is 1. The maximum absolute atomic E-state index is 13.4. The van der Waals surface area contributed by atoms with E-state index in [1.807, 2.05) is 6.07 Å². The Morgan fingerprint density at radius 3 is 2.54 bits per heavy atom. The van der Waals surface area contributed by atoms with Crippen molar-refractivity contribution in [2.75, 3.05) is 13.1 Å². The summed E-state index contributed by atoms with van der Waals surface area (Å²) in [6, 6.07) is 13.6. The third-order valence-corrected chi connectivity index (χ3v) is 6.41. The van der Waals surface area contributed by atoms with E-state index >= 15 is 0 Å². The first-order valence-electron chi connectivity index (χ1n) is 8.93. The van der Waals surface area contributed by atoms with E-state index in [0.717, 1.165) is 25.6 Å². The molecular formula is C20H25FN2O2S. The van der Waals surface area contributed by atoms with Crippen molar-refractivity contribution in [3.8, 4) is 0 Å². The summed E-state index contributed by atoms with van der Waals surface area (Å²) in [5.74, 6) is -0.267. The summed E-state index contributed by atoms with van der Waals surface area (Å²) in [5.41, 5.74) is 2.67. The number of halogens is 1. The monoisotopic (exact) mass is 376 g/mol. The Morgan fingerprint density at radius 2 is 1.85 bits per heavy atom. The number of hydrogen-bond donors (Lipinski definition) is 1. The van der Waals surface area contributed by atoms with Gasteiger partial charge in [-0.25, -0.2) is 17.5 Å². The fourth-order valence-electron chi connectivity index (χ4n) is 3.50. The van der Waals surface area contributed by atoms with Gasteiger partial charge in [0.15, 0.2) is 0 Å². The first-order chi connectivity index (χ1) is 12.4. The molecule has 2 aromatic rings. The van der Waals surface area contributed by atoms with Crippen LogP contribution < -0.4 is 4.72 Å². The SMILES string of the molecule is CC(C)[C@@H](CNS(=O)(=O)c1cccc(F)c1)N1CCc2ccccc2C1. The standard InChI is InChI=1S/C20H25FN2O2S/c1-15(2)20(23-11-10-16-6-3-4-7-17(16)14-23)13-22-26(24,25)19-9-5-8-18(21)12-19/h3-9,12,15,20,22H,10-11,13-14H2,1-2H3/t20-/m1/s1. The number of benzene rings is 2. The lowest BCUT2D eigenvalue weighted by atomic mass is 9.95. The molecule has 0 amide bonds. The first kappa shape index (κ1) is 19.0. The molecule has 0 fully saturated rings. The van der Waals surface area contributed by atoms with E-state index in [-0.39, 0.29) is 16.9 Å². The molecule has 4 nitrogen and oxygen atoms in total. The second-order valence-electron chi connectivity index (χ2n) is 7.11. The van der Waals surface area contributed by atoms with Crippen molar-refractivity contribution < 1.29 is 12.8 Å². The summed E-state index contributed by atoms with van der Waals surface area (Å²) in [7, 11) is -3.73. The van der Waals surface area contributed by atoms with Crippen molar-refractivity contribution in [1.29, 1.82) is 0 Å². The molecule has 0 aromatic heterocycles. The second kappa shape index (κ2) is 7.86. The minimum absolute atomic E-state index is 0.0380. The van der Waals surface area contributed by atoms with Gasteiger partial charge < -0.3 is 0 Å². The van der Waals surface area contributed by atoms with Gasteiger partial charge >= 0.3 is 0 Å². The summed E-state index contributed by atoms with van der Waals surface area (Å²) in [5, 5.41) is 0. The van der Waals surface area contributed by atoms with Crippen LogP contribution in [0.5, 0.6) is 0 Å². The first-order valence-corrected chi connectivity index (χ1v) is 10.4. The average molecular weight is 376 g/mol. The van der Waals surface area contributed by atoms with E-state index in [4.69, 9.17) is 0 Å². The van der Waals surface area contributed by atoms with Crippen molar-refractivity contribution in [2.45, 2.75) is 37.8 Å². The van der Waals surface area contributed by atoms with Gasteiger partial charge in [0.05, 0.1) is 4.90 Å². The molecule has 0 radical (unpaired) electrons. The van der Waals surface area contributed by atoms with Crippen LogP contribution >= 0.6 is 0 Å². The molecule has 3 rings (SSSR count). The highest BCUT2D eigenvalue weighted by Gasteiger charge is 2.27. The summed E-state index contributed by atoms with van der Waals surface area (Å²) < 4.78 is 41.0. The maximum Gasteiger partial charge on any atom is 0.240 e. The van der Waals surface area contributed by atoms with E-state index in [9.17, 15) is 12.8 Å². The lowest BCUT2D eigenvalue weighted by Gasteiger charge is -2.38. The maximum atomic E-state index is 13.4. The van der Waals surface area contributed by atoms with Gasteiger partial charge in [0, 0.05) is 25.7 Å². The van der Waals surface area contributed by atoms with Crippen molar-refractivity contribution in [3.63, 3.8) is 0 Å². The fraction of sp³-hybridized carbons (Fsp3) is 0.400. The molecule has 6 heteroatoms. The molecule has 0 spiro atoms. The topological polar surface area (TPSA) is 49.4 Å². The molecule has 0 bridgehead atoms. The highest BCUT2D eigenvalue weighted by molar-refractivity contribution is 7.89. The largest absolute Gasteiger partial charge is 0.294 e. The molecule has 1 atom stereocenters. The molecule has 1 N–H and O–H groups in total. The van der Waals surface area contributed by atoms with Crippen molar-refractivity contribution in [1.82, 2.24) is 9.62 Å². The number of nitrogens with one attached hydrogen (secondary N) is 1. The van der Waals surface area contributed by atoms with Crippen LogP contribution in [0.15, 0.2) is 53.4 Å².